The maximum Gasteiger partial charge on any atom is 0.120 e. The van der Waals surface area contributed by atoms with E-state index in [0.29, 0.717) is 12.3 Å². The van der Waals surface area contributed by atoms with Gasteiger partial charge in [0, 0.05) is 6.42 Å². The molecule has 0 aliphatic heterocycles. The number of rotatable bonds is 2. The van der Waals surface area contributed by atoms with Gasteiger partial charge >= 0.3 is 0 Å². The fourth-order valence-electron chi connectivity index (χ4n) is 2.28. The third-order valence-electron chi connectivity index (χ3n) is 3.01. The minimum absolute atomic E-state index is 0.493. The molecule has 0 saturated carbocycles. The van der Waals surface area contributed by atoms with Crippen LogP contribution in [-0.4, -0.2) is 6.29 Å². The molecule has 0 radical (unpaired) electrons. The number of fused-ring (bicyclic) bond motifs is 1. The Morgan fingerprint density at radius 3 is 3.15 bits per heavy atom. The molecule has 0 aromatic heterocycles. The first-order valence-corrected chi connectivity index (χ1v) is 4.85. The van der Waals surface area contributed by atoms with Crippen LogP contribution in [0.3, 0.4) is 0 Å². The first-order valence-electron chi connectivity index (χ1n) is 4.85. The zero-order chi connectivity index (χ0) is 9.26. The molecular weight excluding hydrogens is 160 g/mol. The second kappa shape index (κ2) is 3.33. The van der Waals surface area contributed by atoms with Crippen molar-refractivity contribution in [1.29, 1.82) is 0 Å². The molecule has 1 atom stereocenters. The van der Waals surface area contributed by atoms with Crippen LogP contribution in [0.4, 0.5) is 0 Å². The topological polar surface area (TPSA) is 17.1 Å². The lowest BCUT2D eigenvalue weighted by atomic mass is 9.97. The van der Waals surface area contributed by atoms with E-state index in [1.54, 1.807) is 0 Å². The van der Waals surface area contributed by atoms with Crippen molar-refractivity contribution in [3.8, 4) is 0 Å². The van der Waals surface area contributed by atoms with Gasteiger partial charge in [0.05, 0.1) is 0 Å². The van der Waals surface area contributed by atoms with E-state index in [-0.39, 0.29) is 0 Å². The highest BCUT2D eigenvalue weighted by molar-refractivity contribution is 5.53. The zero-order valence-electron chi connectivity index (χ0n) is 7.92. The Balaban J connectivity index is 2.37. The monoisotopic (exact) mass is 174 g/mol. The van der Waals surface area contributed by atoms with Gasteiger partial charge < -0.3 is 4.79 Å². The molecule has 13 heavy (non-hydrogen) atoms. The molecule has 0 heterocycles. The van der Waals surface area contributed by atoms with Crippen LogP contribution < -0.4 is 0 Å². The molecule has 68 valence electrons. The summed E-state index contributed by atoms with van der Waals surface area (Å²) in [5.74, 6) is 0.493. The Hall–Kier alpha value is -1.11. The second-order valence-electron chi connectivity index (χ2n) is 3.78. The lowest BCUT2D eigenvalue weighted by Crippen LogP contribution is -1.94. The predicted octanol–water partition coefficient (Wildman–Crippen LogP) is 2.61. The van der Waals surface area contributed by atoms with E-state index in [4.69, 9.17) is 0 Å². The highest BCUT2D eigenvalue weighted by Crippen LogP contribution is 2.36. The van der Waals surface area contributed by atoms with Crippen molar-refractivity contribution in [3.05, 3.63) is 34.9 Å². The number of aldehydes is 1. The largest absolute Gasteiger partial charge is 0.303 e. The number of hydrogen-bond acceptors (Lipinski definition) is 1. The molecule has 1 aromatic rings. The number of carbonyl (C=O) groups excluding carboxylic acids is 1. The zero-order valence-corrected chi connectivity index (χ0v) is 7.92. The van der Waals surface area contributed by atoms with Gasteiger partial charge in [0.1, 0.15) is 6.29 Å². The minimum atomic E-state index is 0.493. The van der Waals surface area contributed by atoms with Gasteiger partial charge in [0.25, 0.3) is 0 Å². The van der Waals surface area contributed by atoms with Crippen molar-refractivity contribution >= 4 is 6.29 Å². The molecule has 0 spiro atoms. The number of carbonyl (C=O) groups is 1. The van der Waals surface area contributed by atoms with Crippen molar-refractivity contribution in [2.75, 3.05) is 0 Å². The molecule has 1 aromatic carbocycles. The average Bonchev–Trinajstić information content (AvgIpc) is 2.51. The van der Waals surface area contributed by atoms with Gasteiger partial charge in [-0.2, -0.15) is 0 Å². The Morgan fingerprint density at radius 2 is 2.38 bits per heavy atom. The van der Waals surface area contributed by atoms with Crippen LogP contribution in [0.5, 0.6) is 0 Å². The Kier molecular flexibility index (Phi) is 2.17. The summed E-state index contributed by atoms with van der Waals surface area (Å²) in [5.41, 5.74) is 4.27. The third-order valence-corrected chi connectivity index (χ3v) is 3.01. The number of benzene rings is 1. The molecule has 1 aliphatic carbocycles. The molecule has 1 unspecified atom stereocenters. The second-order valence-corrected chi connectivity index (χ2v) is 3.78. The van der Waals surface area contributed by atoms with Gasteiger partial charge in [-0.3, -0.25) is 0 Å². The van der Waals surface area contributed by atoms with Crippen LogP contribution in [0.1, 0.15) is 35.4 Å². The highest BCUT2D eigenvalue weighted by Gasteiger charge is 2.22. The van der Waals surface area contributed by atoms with Gasteiger partial charge in [0.15, 0.2) is 0 Å². The molecular formula is C12H14O. The maximum atomic E-state index is 10.5. The van der Waals surface area contributed by atoms with Crippen LogP contribution in [-0.2, 0) is 11.2 Å². The van der Waals surface area contributed by atoms with Gasteiger partial charge in [0.2, 0.25) is 0 Å². The van der Waals surface area contributed by atoms with Gasteiger partial charge in [-0.15, -0.1) is 0 Å². The van der Waals surface area contributed by atoms with Crippen molar-refractivity contribution in [2.24, 2.45) is 0 Å². The summed E-state index contributed by atoms with van der Waals surface area (Å²) in [6.07, 6.45) is 4.04. The number of hydrogen-bond donors (Lipinski definition) is 0. The summed E-state index contributed by atoms with van der Waals surface area (Å²) in [6.45, 7) is 2.15. The maximum absolute atomic E-state index is 10.5. The first-order chi connectivity index (χ1) is 6.33. The van der Waals surface area contributed by atoms with E-state index in [0.717, 1.165) is 19.1 Å². The van der Waals surface area contributed by atoms with Gasteiger partial charge in [-0.25, -0.2) is 0 Å². The van der Waals surface area contributed by atoms with Gasteiger partial charge in [-0.05, 0) is 42.4 Å². The smallest absolute Gasteiger partial charge is 0.120 e. The van der Waals surface area contributed by atoms with Crippen LogP contribution in [0.15, 0.2) is 18.2 Å². The molecule has 0 bridgehead atoms. The SMILES string of the molecule is Cc1cccc2c1CCC2CC=O. The standard InChI is InChI=1S/C12H14O/c1-9-3-2-4-12-10(7-8-13)5-6-11(9)12/h2-4,8,10H,5-7H2,1H3. The number of aryl methyl sites for hydroxylation is 1. The predicted molar refractivity (Wildman–Crippen MR) is 52.9 cm³/mol. The van der Waals surface area contributed by atoms with E-state index in [1.165, 1.54) is 16.7 Å². The van der Waals surface area contributed by atoms with Crippen molar-refractivity contribution in [1.82, 2.24) is 0 Å². The third kappa shape index (κ3) is 1.39. The molecule has 0 saturated heterocycles. The van der Waals surface area contributed by atoms with E-state index in [2.05, 4.69) is 25.1 Å². The van der Waals surface area contributed by atoms with Crippen molar-refractivity contribution < 1.29 is 4.79 Å². The van der Waals surface area contributed by atoms with Crippen molar-refractivity contribution in [2.45, 2.75) is 32.1 Å². The summed E-state index contributed by atoms with van der Waals surface area (Å²) >= 11 is 0. The lowest BCUT2D eigenvalue weighted by molar-refractivity contribution is -0.108. The summed E-state index contributed by atoms with van der Waals surface area (Å²) in [4.78, 5) is 10.5. The summed E-state index contributed by atoms with van der Waals surface area (Å²) < 4.78 is 0. The lowest BCUT2D eigenvalue weighted by Gasteiger charge is -2.07. The molecule has 1 nitrogen and oxygen atoms in total. The van der Waals surface area contributed by atoms with Crippen LogP contribution in [0.25, 0.3) is 0 Å². The average molecular weight is 174 g/mol. The Labute approximate surface area is 78.8 Å². The Morgan fingerprint density at radius 1 is 1.54 bits per heavy atom. The molecule has 1 aliphatic rings. The van der Waals surface area contributed by atoms with E-state index in [1.807, 2.05) is 0 Å². The fourth-order valence-corrected chi connectivity index (χ4v) is 2.28. The molecule has 2 rings (SSSR count). The first kappa shape index (κ1) is 8.49. The fraction of sp³-hybridized carbons (Fsp3) is 0.417. The van der Waals surface area contributed by atoms with E-state index >= 15 is 0 Å². The summed E-state index contributed by atoms with van der Waals surface area (Å²) in [7, 11) is 0. The summed E-state index contributed by atoms with van der Waals surface area (Å²) in [6, 6.07) is 6.42. The molecule has 0 amide bonds. The molecule has 0 N–H and O–H groups in total. The van der Waals surface area contributed by atoms with E-state index < -0.39 is 0 Å². The summed E-state index contributed by atoms with van der Waals surface area (Å²) in [5, 5.41) is 0. The molecule has 0 fully saturated rings. The Bertz CT molecular complexity index is 328. The van der Waals surface area contributed by atoms with Crippen LogP contribution in [0, 0.1) is 6.92 Å². The quantitative estimate of drug-likeness (QED) is 0.630. The van der Waals surface area contributed by atoms with Crippen LogP contribution >= 0.6 is 0 Å². The molecule has 1 heteroatoms. The van der Waals surface area contributed by atoms with Crippen LogP contribution in [0.2, 0.25) is 0 Å². The normalized spacial score (nSPS) is 19.9. The van der Waals surface area contributed by atoms with Crippen molar-refractivity contribution in [3.63, 3.8) is 0 Å². The highest BCUT2D eigenvalue weighted by atomic mass is 16.1. The van der Waals surface area contributed by atoms with Gasteiger partial charge in [-0.1, -0.05) is 18.2 Å². The van der Waals surface area contributed by atoms with E-state index in [9.17, 15) is 4.79 Å². The minimum Gasteiger partial charge on any atom is -0.303 e.